The van der Waals surface area contributed by atoms with E-state index >= 15 is 0 Å². The van der Waals surface area contributed by atoms with Crippen LogP contribution in [0.2, 0.25) is 0 Å². The number of benzene rings is 1. The van der Waals surface area contributed by atoms with Crippen LogP contribution in [0, 0.1) is 6.92 Å². The molecule has 3 rings (SSSR count). The zero-order chi connectivity index (χ0) is 17.3. The molecule has 3 aromatic rings. The number of furan rings is 2. The Kier molecular flexibility index (Phi) is 5.03. The highest BCUT2D eigenvalue weighted by molar-refractivity contribution is 6.02. The maximum Gasteiger partial charge on any atom is 0.138 e. The van der Waals surface area contributed by atoms with E-state index in [1.54, 1.807) is 0 Å². The highest BCUT2D eigenvalue weighted by Gasteiger charge is 2.21. The summed E-state index contributed by atoms with van der Waals surface area (Å²) in [5, 5.41) is 2.55. The van der Waals surface area contributed by atoms with E-state index in [2.05, 4.69) is 46.8 Å². The molecule has 0 saturated carbocycles. The Morgan fingerprint density at radius 3 is 1.92 bits per heavy atom. The van der Waals surface area contributed by atoms with Gasteiger partial charge in [-0.3, -0.25) is 0 Å². The molecular formula is C22H30O2. The standard InChI is InChI=1S/C22H30O2/c1-6-8-10-16-18-12-15(5)23-21(18)17(11-9-7-2)19-13-20(14(3)4)24-22(16)19/h12-14H,6-11H2,1-5H3. The summed E-state index contributed by atoms with van der Waals surface area (Å²) in [6.45, 7) is 10.9. The molecule has 0 radical (unpaired) electrons. The first-order chi connectivity index (χ1) is 11.6. The van der Waals surface area contributed by atoms with Gasteiger partial charge in [-0.15, -0.1) is 0 Å². The second-order valence-corrected chi connectivity index (χ2v) is 7.31. The molecule has 0 N–H and O–H groups in total. The summed E-state index contributed by atoms with van der Waals surface area (Å²) in [6, 6.07) is 4.46. The third-order valence-electron chi connectivity index (χ3n) is 4.93. The third-order valence-corrected chi connectivity index (χ3v) is 4.93. The van der Waals surface area contributed by atoms with Crippen molar-refractivity contribution in [1.29, 1.82) is 0 Å². The Labute approximate surface area is 145 Å². The van der Waals surface area contributed by atoms with Crippen LogP contribution in [-0.4, -0.2) is 0 Å². The molecule has 0 amide bonds. The minimum absolute atomic E-state index is 0.406. The van der Waals surface area contributed by atoms with Crippen molar-refractivity contribution in [2.45, 2.75) is 79.1 Å². The molecule has 0 spiro atoms. The first-order valence-electron chi connectivity index (χ1n) is 9.54. The fourth-order valence-electron chi connectivity index (χ4n) is 3.55. The van der Waals surface area contributed by atoms with Crippen molar-refractivity contribution in [1.82, 2.24) is 0 Å². The molecule has 0 unspecified atom stereocenters. The van der Waals surface area contributed by atoms with Gasteiger partial charge in [0.25, 0.3) is 0 Å². The number of aryl methyl sites for hydroxylation is 3. The van der Waals surface area contributed by atoms with Crippen molar-refractivity contribution in [3.63, 3.8) is 0 Å². The fourth-order valence-corrected chi connectivity index (χ4v) is 3.55. The molecule has 24 heavy (non-hydrogen) atoms. The summed E-state index contributed by atoms with van der Waals surface area (Å²) in [5.41, 5.74) is 4.87. The molecule has 2 heterocycles. The minimum Gasteiger partial charge on any atom is -0.461 e. The summed E-state index contributed by atoms with van der Waals surface area (Å²) in [5.74, 6) is 2.49. The van der Waals surface area contributed by atoms with Crippen LogP contribution in [0.1, 0.15) is 81.9 Å². The zero-order valence-corrected chi connectivity index (χ0v) is 15.8. The maximum atomic E-state index is 6.35. The molecule has 2 nitrogen and oxygen atoms in total. The average molecular weight is 326 g/mol. The van der Waals surface area contributed by atoms with Crippen molar-refractivity contribution >= 4 is 21.9 Å². The highest BCUT2D eigenvalue weighted by Crippen LogP contribution is 2.39. The molecule has 2 heteroatoms. The molecule has 130 valence electrons. The van der Waals surface area contributed by atoms with Crippen LogP contribution < -0.4 is 0 Å². The predicted molar refractivity (Wildman–Crippen MR) is 102 cm³/mol. The quantitative estimate of drug-likeness (QED) is 0.455. The smallest absolute Gasteiger partial charge is 0.138 e. The second-order valence-electron chi connectivity index (χ2n) is 7.31. The van der Waals surface area contributed by atoms with Gasteiger partial charge in [0.1, 0.15) is 22.7 Å². The molecule has 0 bridgehead atoms. The fraction of sp³-hybridized carbons (Fsp3) is 0.545. The van der Waals surface area contributed by atoms with Gasteiger partial charge in [-0.2, -0.15) is 0 Å². The number of hydrogen-bond donors (Lipinski definition) is 0. The van der Waals surface area contributed by atoms with E-state index in [0.29, 0.717) is 5.92 Å². The molecule has 2 aromatic heterocycles. The number of rotatable bonds is 7. The first kappa shape index (κ1) is 17.1. The van der Waals surface area contributed by atoms with E-state index < -0.39 is 0 Å². The molecule has 1 aromatic carbocycles. The van der Waals surface area contributed by atoms with Crippen molar-refractivity contribution in [2.75, 3.05) is 0 Å². The molecule has 0 atom stereocenters. The van der Waals surface area contributed by atoms with E-state index in [1.165, 1.54) is 47.6 Å². The van der Waals surface area contributed by atoms with Gasteiger partial charge in [-0.1, -0.05) is 40.5 Å². The lowest BCUT2D eigenvalue weighted by Crippen LogP contribution is -1.93. The Morgan fingerprint density at radius 1 is 0.833 bits per heavy atom. The first-order valence-corrected chi connectivity index (χ1v) is 9.54. The van der Waals surface area contributed by atoms with E-state index in [9.17, 15) is 0 Å². The van der Waals surface area contributed by atoms with Crippen LogP contribution in [-0.2, 0) is 12.8 Å². The van der Waals surface area contributed by atoms with Gasteiger partial charge in [0.05, 0.1) is 0 Å². The third kappa shape index (κ3) is 2.99. The molecule has 0 aliphatic rings. The lowest BCUT2D eigenvalue weighted by molar-refractivity contribution is 0.518. The maximum absolute atomic E-state index is 6.35. The predicted octanol–water partition coefficient (Wildman–Crippen LogP) is 7.30. The van der Waals surface area contributed by atoms with Gasteiger partial charge in [-0.25, -0.2) is 0 Å². The monoisotopic (exact) mass is 326 g/mol. The van der Waals surface area contributed by atoms with Crippen LogP contribution in [0.3, 0.4) is 0 Å². The minimum atomic E-state index is 0.406. The molecule has 0 fully saturated rings. The van der Waals surface area contributed by atoms with Crippen molar-refractivity contribution in [3.8, 4) is 0 Å². The molecular weight excluding hydrogens is 296 g/mol. The van der Waals surface area contributed by atoms with E-state index in [0.717, 1.165) is 35.5 Å². The zero-order valence-electron chi connectivity index (χ0n) is 15.8. The molecule has 0 aliphatic carbocycles. The SMILES string of the molecule is CCCCc1c2cc(C(C)C)oc2c(CCCC)c2cc(C)oc12. The largest absolute Gasteiger partial charge is 0.461 e. The average Bonchev–Trinajstić information content (AvgIpc) is 3.14. The van der Waals surface area contributed by atoms with Gasteiger partial charge in [0, 0.05) is 27.8 Å². The number of hydrogen-bond acceptors (Lipinski definition) is 2. The van der Waals surface area contributed by atoms with Crippen molar-refractivity contribution in [3.05, 3.63) is 34.8 Å². The van der Waals surface area contributed by atoms with Gasteiger partial charge < -0.3 is 8.83 Å². The molecule has 0 saturated heterocycles. The van der Waals surface area contributed by atoms with Crippen LogP contribution in [0.5, 0.6) is 0 Å². The van der Waals surface area contributed by atoms with Crippen LogP contribution in [0.25, 0.3) is 21.9 Å². The van der Waals surface area contributed by atoms with Crippen LogP contribution in [0.15, 0.2) is 21.0 Å². The lowest BCUT2D eigenvalue weighted by Gasteiger charge is -2.09. The molecule has 0 aliphatic heterocycles. The Bertz CT molecular complexity index is 770. The van der Waals surface area contributed by atoms with Crippen molar-refractivity contribution in [2.24, 2.45) is 0 Å². The van der Waals surface area contributed by atoms with E-state index in [-0.39, 0.29) is 0 Å². The topological polar surface area (TPSA) is 26.3 Å². The number of unbranched alkanes of at least 4 members (excludes halogenated alkanes) is 2. The van der Waals surface area contributed by atoms with Gasteiger partial charge in [0.15, 0.2) is 0 Å². The van der Waals surface area contributed by atoms with Crippen LogP contribution in [0.4, 0.5) is 0 Å². The van der Waals surface area contributed by atoms with Gasteiger partial charge in [0.2, 0.25) is 0 Å². The summed E-state index contributed by atoms with van der Waals surface area (Å²) in [4.78, 5) is 0. The second kappa shape index (κ2) is 7.04. The summed E-state index contributed by atoms with van der Waals surface area (Å²) < 4.78 is 12.5. The Morgan fingerprint density at radius 2 is 1.38 bits per heavy atom. The summed E-state index contributed by atoms with van der Waals surface area (Å²) >= 11 is 0. The Hall–Kier alpha value is -1.70. The van der Waals surface area contributed by atoms with Crippen LogP contribution >= 0.6 is 0 Å². The summed E-state index contributed by atoms with van der Waals surface area (Å²) in [6.07, 6.45) is 6.86. The lowest BCUT2D eigenvalue weighted by atomic mass is 9.95. The normalized spacial score (nSPS) is 12.1. The number of fused-ring (bicyclic) bond motifs is 2. The highest BCUT2D eigenvalue weighted by atomic mass is 16.3. The van der Waals surface area contributed by atoms with E-state index in [4.69, 9.17) is 8.83 Å². The van der Waals surface area contributed by atoms with Gasteiger partial charge in [-0.05, 0) is 44.7 Å². The van der Waals surface area contributed by atoms with Crippen molar-refractivity contribution < 1.29 is 8.83 Å². The van der Waals surface area contributed by atoms with E-state index in [1.807, 2.05) is 0 Å². The Balaban J connectivity index is 2.31. The summed E-state index contributed by atoms with van der Waals surface area (Å²) in [7, 11) is 0. The van der Waals surface area contributed by atoms with Gasteiger partial charge >= 0.3 is 0 Å².